The van der Waals surface area contributed by atoms with E-state index < -0.39 is 20.2 Å². The van der Waals surface area contributed by atoms with Gasteiger partial charge < -0.3 is 9.04 Å². The van der Waals surface area contributed by atoms with Crippen LogP contribution in [0.3, 0.4) is 0 Å². The Morgan fingerprint density at radius 2 is 0.887 bits per heavy atom. The van der Waals surface area contributed by atoms with E-state index in [1.165, 1.54) is 166 Å². The summed E-state index contributed by atoms with van der Waals surface area (Å²) in [5.74, 6) is 0. The highest BCUT2D eigenvalue weighted by Crippen LogP contribution is 2.19. The average molecular weight is 782 g/mol. The van der Waals surface area contributed by atoms with Crippen LogP contribution in [0.4, 0.5) is 0 Å². The summed E-state index contributed by atoms with van der Waals surface area (Å²) < 4.78 is 64.2. The number of aryl methyl sites for hydroxylation is 2. The zero-order valence-corrected chi connectivity index (χ0v) is 36.4. The van der Waals surface area contributed by atoms with Crippen molar-refractivity contribution in [2.45, 2.75) is 191 Å². The SMILES string of the molecule is CCCCCCCCCCCCCCCC[N+](C)(C)C.CCCCCCCCCCCCc1ccccc1S(=O)(=O)[O-].Cc1ccc(S(=O)(=O)O)cc1. The summed E-state index contributed by atoms with van der Waals surface area (Å²) in [6.45, 7) is 7.70. The van der Waals surface area contributed by atoms with E-state index in [1.807, 2.05) is 6.92 Å². The number of benzene rings is 2. The Kier molecular flexibility index (Phi) is 30.4. The van der Waals surface area contributed by atoms with Gasteiger partial charge in [-0.25, -0.2) is 8.42 Å². The molecular weight excluding hydrogens is 703 g/mol. The predicted octanol–water partition coefficient (Wildman–Crippen LogP) is 12.5. The summed E-state index contributed by atoms with van der Waals surface area (Å²) in [6.07, 6.45) is 33.5. The largest absolute Gasteiger partial charge is 0.744 e. The highest BCUT2D eigenvalue weighted by molar-refractivity contribution is 7.86. The fourth-order valence-electron chi connectivity index (χ4n) is 6.25. The summed E-state index contributed by atoms with van der Waals surface area (Å²) in [4.78, 5) is -0.117. The zero-order valence-electron chi connectivity index (χ0n) is 34.8. The molecule has 0 aromatic heterocycles. The summed E-state index contributed by atoms with van der Waals surface area (Å²) in [5, 5.41) is 0. The number of nitrogens with zero attached hydrogens (tertiary/aromatic N) is 1. The van der Waals surface area contributed by atoms with E-state index in [0.29, 0.717) is 12.0 Å². The van der Waals surface area contributed by atoms with Gasteiger partial charge in [0.05, 0.1) is 37.5 Å². The topological polar surface area (TPSA) is 112 Å². The van der Waals surface area contributed by atoms with Gasteiger partial charge in [0.1, 0.15) is 10.1 Å². The molecule has 2 rings (SSSR count). The van der Waals surface area contributed by atoms with Crippen LogP contribution in [0, 0.1) is 6.92 Å². The molecule has 0 fully saturated rings. The van der Waals surface area contributed by atoms with Crippen LogP contribution in [-0.2, 0) is 26.7 Å². The quantitative estimate of drug-likeness (QED) is 0.0523. The molecule has 0 amide bonds. The number of quaternary nitrogens is 1. The zero-order chi connectivity index (χ0) is 39.9. The third-order valence-electron chi connectivity index (χ3n) is 9.54. The molecule has 0 radical (unpaired) electrons. The van der Waals surface area contributed by atoms with Crippen molar-refractivity contribution in [1.82, 2.24) is 0 Å². The lowest BCUT2D eigenvalue weighted by Gasteiger charge is -2.23. The molecule has 0 saturated heterocycles. The van der Waals surface area contributed by atoms with E-state index in [-0.39, 0.29) is 9.79 Å². The fourth-order valence-corrected chi connectivity index (χ4v) is 7.46. The molecule has 1 N–H and O–H groups in total. The summed E-state index contributed by atoms with van der Waals surface area (Å²) in [7, 11) is -1.48. The van der Waals surface area contributed by atoms with Crippen LogP contribution in [0.1, 0.15) is 179 Å². The lowest BCUT2D eigenvalue weighted by atomic mass is 10.0. The van der Waals surface area contributed by atoms with Crippen LogP contribution in [-0.4, -0.2) is 58.1 Å². The molecule has 2 aromatic rings. The van der Waals surface area contributed by atoms with Gasteiger partial charge >= 0.3 is 0 Å². The molecule has 2 aromatic carbocycles. The molecule has 53 heavy (non-hydrogen) atoms. The van der Waals surface area contributed by atoms with Crippen molar-refractivity contribution in [3.63, 3.8) is 0 Å². The molecular formula is C44H79NO6S2. The third-order valence-corrected chi connectivity index (χ3v) is 11.3. The Labute approximate surface area is 327 Å². The van der Waals surface area contributed by atoms with E-state index >= 15 is 0 Å². The van der Waals surface area contributed by atoms with E-state index in [9.17, 15) is 21.4 Å². The summed E-state index contributed by atoms with van der Waals surface area (Å²) in [5.41, 5.74) is 1.62. The van der Waals surface area contributed by atoms with Gasteiger partial charge in [0, 0.05) is 0 Å². The van der Waals surface area contributed by atoms with Crippen molar-refractivity contribution in [1.29, 1.82) is 0 Å². The second-order valence-electron chi connectivity index (χ2n) is 15.9. The highest BCUT2D eigenvalue weighted by Gasteiger charge is 2.08. The summed E-state index contributed by atoms with van der Waals surface area (Å²) in [6, 6.07) is 12.5. The Balaban J connectivity index is 0.000000805. The molecule has 0 saturated carbocycles. The summed E-state index contributed by atoms with van der Waals surface area (Å²) >= 11 is 0. The van der Waals surface area contributed by atoms with Gasteiger partial charge in [-0.15, -0.1) is 0 Å². The van der Waals surface area contributed by atoms with Crippen molar-refractivity contribution in [2.24, 2.45) is 0 Å². The normalized spacial score (nSPS) is 11.8. The number of rotatable bonds is 28. The van der Waals surface area contributed by atoms with Gasteiger partial charge in [-0.05, 0) is 56.4 Å². The minimum Gasteiger partial charge on any atom is -0.744 e. The van der Waals surface area contributed by atoms with Gasteiger partial charge in [0.2, 0.25) is 0 Å². The molecule has 0 aliphatic rings. The minimum absolute atomic E-state index is 0.0501. The van der Waals surface area contributed by atoms with E-state index in [0.717, 1.165) is 22.9 Å². The van der Waals surface area contributed by atoms with Crippen LogP contribution in [0.25, 0.3) is 0 Å². The maximum absolute atomic E-state index is 11.2. The van der Waals surface area contributed by atoms with Crippen LogP contribution >= 0.6 is 0 Å². The van der Waals surface area contributed by atoms with E-state index in [2.05, 4.69) is 35.0 Å². The molecule has 7 nitrogen and oxygen atoms in total. The predicted molar refractivity (Wildman–Crippen MR) is 224 cm³/mol. The molecule has 9 heteroatoms. The first kappa shape index (κ1) is 51.2. The number of unbranched alkanes of at least 4 members (excludes halogenated alkanes) is 22. The Bertz CT molecular complexity index is 1350. The first-order chi connectivity index (χ1) is 25.1. The van der Waals surface area contributed by atoms with E-state index in [4.69, 9.17) is 4.55 Å². The van der Waals surface area contributed by atoms with Gasteiger partial charge in [-0.2, -0.15) is 8.42 Å². The number of hydrogen-bond donors (Lipinski definition) is 1. The van der Waals surface area contributed by atoms with Crippen LogP contribution in [0.5, 0.6) is 0 Å². The molecule has 308 valence electrons. The van der Waals surface area contributed by atoms with Gasteiger partial charge in [0.15, 0.2) is 0 Å². The highest BCUT2D eigenvalue weighted by atomic mass is 32.2. The maximum Gasteiger partial charge on any atom is 0.294 e. The molecule has 0 heterocycles. The molecule has 0 aliphatic carbocycles. The fraction of sp³-hybridized carbons (Fsp3) is 0.727. The van der Waals surface area contributed by atoms with Crippen molar-refractivity contribution < 1.29 is 30.4 Å². The smallest absolute Gasteiger partial charge is 0.294 e. The standard InChI is InChI=1S/C19H42N.C18H30O3S.C7H8O3S/c1-5-6-7-8-9-10-11-12-13-14-15-16-17-18-19-20(2,3)4;1-2-3-4-5-6-7-8-9-10-11-14-17-15-12-13-16-18(17)22(19,20)21;1-6-2-4-7(5-3-6)11(8,9)10/h5-19H2,1-4H3;12-13,15-16H,2-11,14H2,1H3,(H,19,20,21);2-5H,1H3,(H,8,9,10)/q+1;;/p-1. The van der Waals surface area contributed by atoms with Crippen LogP contribution in [0.15, 0.2) is 58.3 Å². The van der Waals surface area contributed by atoms with Gasteiger partial charge in [0.25, 0.3) is 10.1 Å². The number of hydrogen-bond acceptors (Lipinski definition) is 5. The molecule has 0 unspecified atom stereocenters. The van der Waals surface area contributed by atoms with Gasteiger partial charge in [-0.3, -0.25) is 4.55 Å². The van der Waals surface area contributed by atoms with Crippen LogP contribution < -0.4 is 0 Å². The van der Waals surface area contributed by atoms with Crippen molar-refractivity contribution in [2.75, 3.05) is 27.7 Å². The Hall–Kier alpha value is -1.78. The van der Waals surface area contributed by atoms with Crippen molar-refractivity contribution >= 4 is 20.2 Å². The minimum atomic E-state index is -4.35. The second-order valence-corrected chi connectivity index (χ2v) is 18.7. The van der Waals surface area contributed by atoms with Crippen molar-refractivity contribution in [3.8, 4) is 0 Å². The lowest BCUT2D eigenvalue weighted by Crippen LogP contribution is -2.35. The van der Waals surface area contributed by atoms with Crippen molar-refractivity contribution in [3.05, 3.63) is 59.7 Å². The molecule has 0 bridgehead atoms. The Morgan fingerprint density at radius 3 is 1.25 bits per heavy atom. The molecule has 0 spiro atoms. The molecule has 0 aliphatic heterocycles. The monoisotopic (exact) mass is 782 g/mol. The Morgan fingerprint density at radius 1 is 0.528 bits per heavy atom. The molecule has 0 atom stereocenters. The maximum atomic E-state index is 11.2. The second kappa shape index (κ2) is 31.4. The first-order valence-electron chi connectivity index (χ1n) is 21.0. The lowest BCUT2D eigenvalue weighted by molar-refractivity contribution is -0.870. The first-order valence-corrected chi connectivity index (χ1v) is 23.8. The average Bonchev–Trinajstić information content (AvgIpc) is 3.09. The third kappa shape index (κ3) is 32.2. The van der Waals surface area contributed by atoms with Gasteiger partial charge in [-0.1, -0.05) is 185 Å². The van der Waals surface area contributed by atoms with Crippen LogP contribution in [0.2, 0.25) is 0 Å². The van der Waals surface area contributed by atoms with E-state index in [1.54, 1.807) is 30.3 Å².